The van der Waals surface area contributed by atoms with Gasteiger partial charge in [0, 0.05) is 31.4 Å². The van der Waals surface area contributed by atoms with E-state index in [0.29, 0.717) is 18.7 Å². The molecule has 2 aromatic carbocycles. The molecule has 0 saturated heterocycles. The largest absolute Gasteiger partial charge is 0.367 e. The summed E-state index contributed by atoms with van der Waals surface area (Å²) in [5.41, 5.74) is 5.11. The maximum absolute atomic E-state index is 11.9. The van der Waals surface area contributed by atoms with Gasteiger partial charge in [-0.25, -0.2) is 0 Å². The Balaban J connectivity index is 1.25. The molecule has 30 heavy (non-hydrogen) atoms. The highest BCUT2D eigenvalue weighted by Gasteiger charge is 2.17. The number of hydrogen-bond donors (Lipinski definition) is 2. The average Bonchev–Trinajstić information content (AvgIpc) is 3.18. The molecule has 3 aromatic rings. The quantitative estimate of drug-likeness (QED) is 0.639. The molecule has 0 spiro atoms. The lowest BCUT2D eigenvalue weighted by molar-refractivity contribution is -0.136. The fraction of sp³-hybridized carbons (Fsp3) is 0.261. The number of nitrogens with zero attached hydrogens (tertiary/aromatic N) is 2. The van der Waals surface area contributed by atoms with Crippen LogP contribution in [0.2, 0.25) is 0 Å². The van der Waals surface area contributed by atoms with Gasteiger partial charge in [-0.05, 0) is 48.6 Å². The summed E-state index contributed by atoms with van der Waals surface area (Å²) in [5, 5.41) is 8.66. The fourth-order valence-electron chi connectivity index (χ4n) is 3.59. The van der Waals surface area contributed by atoms with E-state index in [-0.39, 0.29) is 5.82 Å². The Morgan fingerprint density at radius 3 is 2.57 bits per heavy atom. The molecule has 2 heterocycles. The van der Waals surface area contributed by atoms with Crippen LogP contribution in [0.5, 0.6) is 0 Å². The lowest BCUT2D eigenvalue weighted by Crippen LogP contribution is -2.36. The second-order valence-electron chi connectivity index (χ2n) is 7.39. The zero-order valence-corrected chi connectivity index (χ0v) is 16.9. The third-order valence-corrected chi connectivity index (χ3v) is 5.21. The van der Waals surface area contributed by atoms with Crippen molar-refractivity contribution in [2.45, 2.75) is 26.3 Å². The molecule has 7 nitrogen and oxygen atoms in total. The van der Waals surface area contributed by atoms with Gasteiger partial charge in [-0.1, -0.05) is 41.6 Å². The van der Waals surface area contributed by atoms with Gasteiger partial charge in [-0.2, -0.15) is 0 Å². The van der Waals surface area contributed by atoms with Crippen molar-refractivity contribution in [3.05, 3.63) is 77.0 Å². The first-order valence-corrected chi connectivity index (χ1v) is 10.0. The summed E-state index contributed by atoms with van der Waals surface area (Å²) < 4.78 is 4.85. The maximum Gasteiger partial charge on any atom is 0.314 e. The zero-order chi connectivity index (χ0) is 20.9. The summed E-state index contributed by atoms with van der Waals surface area (Å²) in [7, 11) is 0. The molecule has 0 unspecified atom stereocenters. The Bertz CT molecular complexity index is 1040. The van der Waals surface area contributed by atoms with Crippen LogP contribution in [-0.4, -0.2) is 30.1 Å². The Kier molecular flexibility index (Phi) is 5.79. The van der Waals surface area contributed by atoms with Gasteiger partial charge in [-0.3, -0.25) is 14.9 Å². The van der Waals surface area contributed by atoms with Gasteiger partial charge in [0.15, 0.2) is 5.82 Å². The minimum absolute atomic E-state index is 0.226. The fourth-order valence-corrected chi connectivity index (χ4v) is 3.59. The standard InChI is InChI=1S/C23H24N4O3/c1-16-14-21(26-30-16)25-23(29)22(28)24-12-10-17-6-8-20(9-7-17)27-13-11-18-4-2-3-5-19(18)15-27/h2-9,14H,10-13,15H2,1H3,(H,24,28)(H,25,26,29). The van der Waals surface area contributed by atoms with E-state index in [1.165, 1.54) is 16.8 Å². The van der Waals surface area contributed by atoms with E-state index in [1.807, 2.05) is 0 Å². The third-order valence-electron chi connectivity index (χ3n) is 5.21. The predicted molar refractivity (Wildman–Crippen MR) is 114 cm³/mol. The smallest absolute Gasteiger partial charge is 0.314 e. The van der Waals surface area contributed by atoms with Crippen molar-refractivity contribution in [2.75, 3.05) is 23.3 Å². The normalized spacial score (nSPS) is 12.9. The molecule has 1 aromatic heterocycles. The SMILES string of the molecule is Cc1cc(NC(=O)C(=O)NCCc2ccc(N3CCc4ccccc4C3)cc2)no1. The maximum atomic E-state index is 11.9. The molecule has 1 aliphatic heterocycles. The molecule has 154 valence electrons. The number of anilines is 2. The van der Waals surface area contributed by atoms with Gasteiger partial charge in [0.05, 0.1) is 0 Å². The van der Waals surface area contributed by atoms with Crippen LogP contribution in [0.25, 0.3) is 0 Å². The molecule has 0 fully saturated rings. The minimum atomic E-state index is -0.760. The monoisotopic (exact) mass is 404 g/mol. The lowest BCUT2D eigenvalue weighted by Gasteiger charge is -2.30. The van der Waals surface area contributed by atoms with Crippen molar-refractivity contribution in [3.8, 4) is 0 Å². The molecule has 0 radical (unpaired) electrons. The van der Waals surface area contributed by atoms with Gasteiger partial charge < -0.3 is 14.7 Å². The van der Waals surface area contributed by atoms with E-state index in [1.54, 1.807) is 13.0 Å². The predicted octanol–water partition coefficient (Wildman–Crippen LogP) is 2.84. The molecule has 0 atom stereocenters. The van der Waals surface area contributed by atoms with Crippen LogP contribution in [0.4, 0.5) is 11.5 Å². The highest BCUT2D eigenvalue weighted by Crippen LogP contribution is 2.24. The molecule has 2 amide bonds. The Morgan fingerprint density at radius 1 is 1.07 bits per heavy atom. The molecular formula is C23H24N4O3. The van der Waals surface area contributed by atoms with E-state index < -0.39 is 11.8 Å². The molecule has 0 saturated carbocycles. The van der Waals surface area contributed by atoms with Crippen LogP contribution in [0.3, 0.4) is 0 Å². The van der Waals surface area contributed by atoms with Crippen LogP contribution in [0, 0.1) is 6.92 Å². The molecule has 1 aliphatic rings. The number of carbonyl (C=O) groups is 2. The van der Waals surface area contributed by atoms with Crippen molar-refractivity contribution >= 4 is 23.3 Å². The Hall–Kier alpha value is -3.61. The molecule has 4 rings (SSSR count). The van der Waals surface area contributed by atoms with Gasteiger partial charge >= 0.3 is 11.8 Å². The third kappa shape index (κ3) is 4.68. The minimum Gasteiger partial charge on any atom is -0.367 e. The number of hydrogen-bond acceptors (Lipinski definition) is 5. The Labute approximate surface area is 175 Å². The van der Waals surface area contributed by atoms with Crippen molar-refractivity contribution in [3.63, 3.8) is 0 Å². The first-order chi connectivity index (χ1) is 14.6. The van der Waals surface area contributed by atoms with E-state index >= 15 is 0 Å². The summed E-state index contributed by atoms with van der Waals surface area (Å²) in [6.45, 7) is 4.01. The second kappa shape index (κ2) is 8.82. The first kappa shape index (κ1) is 19.7. The number of aryl methyl sites for hydroxylation is 1. The van der Waals surface area contributed by atoms with Crippen LogP contribution < -0.4 is 15.5 Å². The van der Waals surface area contributed by atoms with Crippen molar-refractivity contribution in [1.82, 2.24) is 10.5 Å². The van der Waals surface area contributed by atoms with Crippen LogP contribution in [0.1, 0.15) is 22.5 Å². The first-order valence-electron chi connectivity index (χ1n) is 10.0. The summed E-state index contributed by atoms with van der Waals surface area (Å²) in [6.07, 6.45) is 1.70. The highest BCUT2D eigenvalue weighted by molar-refractivity contribution is 6.39. The Morgan fingerprint density at radius 2 is 1.83 bits per heavy atom. The number of aromatic nitrogens is 1. The van der Waals surface area contributed by atoms with Crippen molar-refractivity contribution < 1.29 is 14.1 Å². The van der Waals surface area contributed by atoms with E-state index in [2.05, 4.69) is 69.2 Å². The average molecular weight is 404 g/mol. The van der Waals surface area contributed by atoms with Crippen LogP contribution >= 0.6 is 0 Å². The topological polar surface area (TPSA) is 87.5 Å². The van der Waals surface area contributed by atoms with Crippen molar-refractivity contribution in [2.24, 2.45) is 0 Å². The zero-order valence-electron chi connectivity index (χ0n) is 16.9. The molecule has 7 heteroatoms. The summed E-state index contributed by atoms with van der Waals surface area (Å²) in [6, 6.07) is 18.5. The lowest BCUT2D eigenvalue weighted by atomic mass is 9.99. The van der Waals surface area contributed by atoms with E-state index in [9.17, 15) is 9.59 Å². The van der Waals surface area contributed by atoms with Crippen LogP contribution in [0.15, 0.2) is 59.1 Å². The summed E-state index contributed by atoms with van der Waals surface area (Å²) >= 11 is 0. The summed E-state index contributed by atoms with van der Waals surface area (Å²) in [4.78, 5) is 26.2. The molecule has 2 N–H and O–H groups in total. The van der Waals surface area contributed by atoms with Crippen molar-refractivity contribution in [1.29, 1.82) is 0 Å². The van der Waals surface area contributed by atoms with Gasteiger partial charge in [-0.15, -0.1) is 0 Å². The molecule has 0 bridgehead atoms. The highest BCUT2D eigenvalue weighted by atomic mass is 16.5. The van der Waals surface area contributed by atoms with Crippen LogP contribution in [-0.2, 0) is 29.0 Å². The molecular weight excluding hydrogens is 380 g/mol. The number of carbonyl (C=O) groups excluding carboxylic acids is 2. The van der Waals surface area contributed by atoms with Gasteiger partial charge in [0.25, 0.3) is 0 Å². The second-order valence-corrected chi connectivity index (χ2v) is 7.39. The number of amides is 2. The van der Waals surface area contributed by atoms with Gasteiger partial charge in [0.2, 0.25) is 0 Å². The summed E-state index contributed by atoms with van der Waals surface area (Å²) in [5.74, 6) is -0.672. The number of rotatable bonds is 5. The van der Waals surface area contributed by atoms with E-state index in [4.69, 9.17) is 4.52 Å². The van der Waals surface area contributed by atoms with E-state index in [0.717, 1.165) is 25.1 Å². The molecule has 0 aliphatic carbocycles. The number of benzene rings is 2. The van der Waals surface area contributed by atoms with Gasteiger partial charge in [0.1, 0.15) is 5.76 Å². The number of nitrogens with one attached hydrogen (secondary N) is 2. The number of fused-ring (bicyclic) bond motifs is 1.